The Hall–Kier alpha value is -8.53. The van der Waals surface area contributed by atoms with Crippen molar-refractivity contribution >= 4 is 23.0 Å². The topological polar surface area (TPSA) is 425 Å². The maximum absolute atomic E-state index is 13.2. The van der Waals surface area contributed by atoms with Crippen LogP contribution in [-0.4, -0.2) is 154 Å². The Kier molecular flexibility index (Phi) is 43.7. The Morgan fingerprint density at radius 1 is 0.316 bits per heavy atom. The molecular formula is C106H151Co4N8O15-. The van der Waals surface area contributed by atoms with Gasteiger partial charge in [0.1, 0.15) is 22.8 Å². The first kappa shape index (κ1) is 122. The molecule has 0 spiro atoms. The first-order valence-corrected chi connectivity index (χ1v) is 44.2. The minimum atomic E-state index is -0.178. The van der Waals surface area contributed by atoms with Crippen LogP contribution in [-0.2, 0) is 110 Å². The number of aliphatic hydroxyl groups excluding tert-OH is 1. The van der Waals surface area contributed by atoms with E-state index in [4.69, 9.17) is 15.1 Å². The van der Waals surface area contributed by atoms with Gasteiger partial charge in [0.15, 0.2) is 46.0 Å². The van der Waals surface area contributed by atoms with Crippen LogP contribution in [0, 0.1) is 42.9 Å². The SMILES string of the molecule is CC(C)(C)c1cc(O)c(O)c(C(C)(C)C)c1.CC(C)(C)c1cc(O)c(O)c(C(C)(C)C)c1.CC(C)(C)c1cc(O)c(O)c(C(C)(C)C)c1.CC(C)(C)c1cc(O)c(O)c(C(C)(C)C)c1.CN1/C(=C/N=C2C(=O)c3cccnc3-c3ncccc32)C2CC3CC(C2)CC1C3.CN1/C(=C/N=C2C(=O)c3cccnc3-c3ncccc32)C2CC3CC(C2)CC1C3.CO.O.O.O.O.[CH3-].[Co].[Co].[Co].[Co]. The van der Waals surface area contributed by atoms with E-state index >= 15 is 0 Å². The summed E-state index contributed by atoms with van der Waals surface area (Å²) in [7, 11) is 5.44. The average Bonchev–Trinajstić information content (AvgIpc) is 1.77. The Balaban J connectivity index is 0.000000804. The van der Waals surface area contributed by atoms with Gasteiger partial charge < -0.3 is 85.1 Å². The number of rotatable bonds is 2. The van der Waals surface area contributed by atoms with E-state index in [1.165, 1.54) is 75.6 Å². The van der Waals surface area contributed by atoms with Crippen molar-refractivity contribution in [2.24, 2.45) is 45.5 Å². The molecule has 4 saturated carbocycles. The first-order valence-electron chi connectivity index (χ1n) is 44.2. The molecule has 0 amide bonds. The molecule has 8 aromatic rings. The predicted molar refractivity (Wildman–Crippen MR) is 521 cm³/mol. The molecule has 4 aliphatic heterocycles. The molecule has 8 heterocycles. The van der Waals surface area contributed by atoms with Gasteiger partial charge in [0.25, 0.3) is 0 Å². The predicted octanol–water partition coefficient (Wildman–Crippen LogP) is 19.7. The number of fused-ring (bicyclic) bond motifs is 8. The number of aliphatic imine (C=N–C) groups is 2. The molecular weight excluding hydrogens is 1860 g/mol. The van der Waals surface area contributed by atoms with Crippen LogP contribution in [0.25, 0.3) is 22.8 Å². The second-order valence-electron chi connectivity index (χ2n) is 43.6. The van der Waals surface area contributed by atoms with E-state index in [9.17, 15) is 50.4 Å². The summed E-state index contributed by atoms with van der Waals surface area (Å²) in [4.78, 5) is 58.9. The number of benzene rings is 4. The fourth-order valence-electron chi connectivity index (χ4n) is 18.8. The van der Waals surface area contributed by atoms with Crippen molar-refractivity contribution in [3.05, 3.63) is 220 Å². The van der Waals surface area contributed by atoms with E-state index in [2.05, 4.69) is 127 Å². The van der Waals surface area contributed by atoms with Gasteiger partial charge in [0.2, 0.25) is 11.6 Å². The van der Waals surface area contributed by atoms with E-state index in [1.807, 2.05) is 156 Å². The number of aromatic hydroxyl groups is 8. The smallest absolute Gasteiger partial charge is 0.214 e. The number of hydrogen-bond acceptors (Lipinski definition) is 19. The molecule has 27 heteroatoms. The summed E-state index contributed by atoms with van der Waals surface area (Å²) in [6.45, 7) is 49.3. The number of allylic oxidation sites excluding steroid dienone is 2. The number of phenols is 8. The number of carbonyl (C=O) groups excluding carboxylic acids is 2. The van der Waals surface area contributed by atoms with Crippen LogP contribution in [0.1, 0.15) is 307 Å². The molecule has 8 fully saturated rings. The van der Waals surface area contributed by atoms with E-state index < -0.39 is 0 Å². The normalized spacial score (nSPS) is 20.4. The molecule has 6 aliphatic carbocycles. The van der Waals surface area contributed by atoms with E-state index in [-0.39, 0.29) is 197 Å². The summed E-state index contributed by atoms with van der Waals surface area (Å²) in [5, 5.41) is 85.5. The molecule has 4 radical (unpaired) electrons. The molecule has 742 valence electrons. The molecule has 23 nitrogen and oxygen atoms in total. The summed E-state index contributed by atoms with van der Waals surface area (Å²) in [6, 6.07) is 30.6. The molecule has 17 N–H and O–H groups in total. The third-order valence-electron chi connectivity index (χ3n) is 25.8. The maximum atomic E-state index is 13.2. The second-order valence-corrected chi connectivity index (χ2v) is 43.6. The van der Waals surface area contributed by atoms with Gasteiger partial charge in [-0.25, -0.2) is 0 Å². The molecule has 4 atom stereocenters. The fourth-order valence-corrected chi connectivity index (χ4v) is 18.8. The van der Waals surface area contributed by atoms with E-state index in [1.54, 1.807) is 61.2 Å². The molecule has 8 bridgehead atoms. The van der Waals surface area contributed by atoms with Crippen LogP contribution < -0.4 is 0 Å². The number of Topliss-reactive ketones (excluding diaryl/α,β-unsaturated/α-hetero) is 2. The van der Waals surface area contributed by atoms with Gasteiger partial charge in [-0.3, -0.25) is 39.5 Å². The average molecular weight is 2010 g/mol. The van der Waals surface area contributed by atoms with Crippen molar-refractivity contribution in [2.45, 2.75) is 286 Å². The molecule has 4 unspecified atom stereocenters. The van der Waals surface area contributed by atoms with Gasteiger partial charge in [-0.15, -0.1) is 0 Å². The second kappa shape index (κ2) is 47.5. The summed E-state index contributed by atoms with van der Waals surface area (Å²) in [5.74, 6) is 4.33. The molecule has 4 aromatic carbocycles. The van der Waals surface area contributed by atoms with Gasteiger partial charge in [-0.1, -0.05) is 190 Å². The summed E-state index contributed by atoms with van der Waals surface area (Å²) < 4.78 is 0. The maximum Gasteiger partial charge on any atom is 0.214 e. The van der Waals surface area contributed by atoms with Crippen LogP contribution in [0.5, 0.6) is 46.0 Å². The van der Waals surface area contributed by atoms with Crippen LogP contribution in [0.15, 0.2) is 156 Å². The van der Waals surface area contributed by atoms with Crippen molar-refractivity contribution in [3.8, 4) is 68.8 Å². The zero-order valence-electron chi connectivity index (χ0n) is 83.1. The van der Waals surface area contributed by atoms with Gasteiger partial charge in [0, 0.05) is 194 Å². The number of phenolic OH excluding ortho intramolecular Hbond substituents is 8. The number of nitrogens with zero attached hydrogens (tertiary/aromatic N) is 8. The van der Waals surface area contributed by atoms with Crippen LogP contribution >= 0.6 is 0 Å². The number of ketones is 2. The zero-order valence-corrected chi connectivity index (χ0v) is 87.3. The Labute approximate surface area is 832 Å². The van der Waals surface area contributed by atoms with Gasteiger partial charge in [-0.2, -0.15) is 0 Å². The molecule has 4 aromatic heterocycles. The van der Waals surface area contributed by atoms with Crippen molar-refractivity contribution in [1.82, 2.24) is 29.7 Å². The molecule has 4 saturated heterocycles. The van der Waals surface area contributed by atoms with E-state index in [0.29, 0.717) is 57.9 Å². The minimum absolute atomic E-state index is 0. The van der Waals surface area contributed by atoms with E-state index in [0.717, 1.165) is 97.8 Å². The monoisotopic (exact) mass is 2010 g/mol. The number of aromatic nitrogens is 4. The third kappa shape index (κ3) is 28.4. The van der Waals surface area contributed by atoms with Crippen molar-refractivity contribution in [2.75, 3.05) is 21.2 Å². The molecule has 10 aliphatic rings. The van der Waals surface area contributed by atoms with Gasteiger partial charge >= 0.3 is 0 Å². The van der Waals surface area contributed by atoms with Crippen molar-refractivity contribution in [3.63, 3.8) is 0 Å². The van der Waals surface area contributed by atoms with Gasteiger partial charge in [0.05, 0.1) is 22.5 Å². The van der Waals surface area contributed by atoms with Crippen molar-refractivity contribution < 1.29 is 145 Å². The van der Waals surface area contributed by atoms with Gasteiger partial charge in [-0.05, 0) is 226 Å². The number of hydrogen-bond donors (Lipinski definition) is 9. The van der Waals surface area contributed by atoms with Crippen LogP contribution in [0.2, 0.25) is 0 Å². The quantitative estimate of drug-likeness (QED) is 0.0573. The molecule has 18 rings (SSSR count). The Bertz CT molecular complexity index is 4890. The summed E-state index contributed by atoms with van der Waals surface area (Å²) in [6.07, 6.45) is 24.0. The van der Waals surface area contributed by atoms with Crippen molar-refractivity contribution in [1.29, 1.82) is 0 Å². The summed E-state index contributed by atoms with van der Waals surface area (Å²) >= 11 is 0. The minimum Gasteiger partial charge on any atom is -0.504 e. The first-order chi connectivity index (χ1) is 57.5. The number of pyridine rings is 4. The molecule has 133 heavy (non-hydrogen) atoms. The fraction of sp³-hybridized carbons (Fsp3) is 0.500. The number of carbonyl (C=O) groups is 2. The largest absolute Gasteiger partial charge is 0.504 e. The zero-order chi connectivity index (χ0) is 92.0. The Morgan fingerprint density at radius 2 is 0.519 bits per heavy atom. The standard InChI is InChI=1S/2C24H24N4O.4C14H22O2.CH4O.CH3.4Co.4H2O/c2*1-28-17-11-14-8-15(12-17)10-16(9-14)20(28)13-27-23-18-4-2-6-25-21(18)22-19(24(23)29)5-3-7-26-22;4*1-13(2,3)9-7-10(14(4,5)6)12(16)11(15)8-9;1-2;;;;;;;;;/h2*2-7,13-17H,8-12H2,1H3;4*7-8,15-16H,1-6H3;2H,1H3;1H3;;;;;4*1H2/q;;;;;;;-1;;;;;;;;/b2*20-13+,27-23?;;;;;;;;;;;;;;. The Morgan fingerprint density at radius 3 is 0.722 bits per heavy atom. The number of aliphatic hydroxyl groups is 1. The van der Waals surface area contributed by atoms with Crippen LogP contribution in [0.3, 0.4) is 0 Å². The van der Waals surface area contributed by atoms with Crippen LogP contribution in [0.4, 0.5) is 0 Å². The third-order valence-corrected chi connectivity index (χ3v) is 25.8. The summed E-state index contributed by atoms with van der Waals surface area (Å²) in [5.41, 5.74) is 15.6.